The molecule has 1 aromatic carbocycles. The Morgan fingerprint density at radius 1 is 1.28 bits per heavy atom. The van der Waals surface area contributed by atoms with Gasteiger partial charge < -0.3 is 19.7 Å². The topological polar surface area (TPSA) is 67.9 Å². The Bertz CT molecular complexity index is 661. The summed E-state index contributed by atoms with van der Waals surface area (Å²) < 4.78 is 10.8. The fraction of sp³-hybridized carbons (Fsp3) is 0.579. The average Bonchev–Trinajstić information content (AvgIpc) is 3.04. The van der Waals surface area contributed by atoms with E-state index in [0.29, 0.717) is 41.9 Å². The van der Waals surface area contributed by atoms with Gasteiger partial charge in [0.1, 0.15) is 0 Å². The number of nitrogens with zero attached hydrogens (tertiary/aromatic N) is 1. The van der Waals surface area contributed by atoms with Crippen molar-refractivity contribution in [3.63, 3.8) is 0 Å². The van der Waals surface area contributed by atoms with Crippen LogP contribution in [-0.4, -0.2) is 50.1 Å². The summed E-state index contributed by atoms with van der Waals surface area (Å²) in [6.07, 6.45) is 2.43. The van der Waals surface area contributed by atoms with Gasteiger partial charge in [0.25, 0.3) is 5.91 Å². The maximum atomic E-state index is 12.9. The van der Waals surface area contributed by atoms with Gasteiger partial charge in [-0.15, -0.1) is 0 Å². The molecule has 1 saturated carbocycles. The zero-order chi connectivity index (χ0) is 18.0. The van der Waals surface area contributed by atoms with Crippen molar-refractivity contribution in [2.45, 2.75) is 32.2 Å². The highest BCUT2D eigenvalue weighted by Crippen LogP contribution is 2.38. The van der Waals surface area contributed by atoms with Gasteiger partial charge in [-0.25, -0.2) is 0 Å². The van der Waals surface area contributed by atoms with Crippen molar-refractivity contribution >= 4 is 11.8 Å². The van der Waals surface area contributed by atoms with Gasteiger partial charge in [-0.1, -0.05) is 0 Å². The lowest BCUT2D eigenvalue weighted by atomic mass is 9.89. The second-order valence-electron chi connectivity index (χ2n) is 6.87. The van der Waals surface area contributed by atoms with Gasteiger partial charge in [-0.2, -0.15) is 0 Å². The van der Waals surface area contributed by atoms with Crippen molar-refractivity contribution in [1.29, 1.82) is 0 Å². The van der Waals surface area contributed by atoms with Crippen LogP contribution in [0.3, 0.4) is 0 Å². The van der Waals surface area contributed by atoms with E-state index in [-0.39, 0.29) is 17.9 Å². The van der Waals surface area contributed by atoms with E-state index in [9.17, 15) is 9.59 Å². The summed E-state index contributed by atoms with van der Waals surface area (Å²) in [5.41, 5.74) is 0.590. The van der Waals surface area contributed by atoms with Crippen LogP contribution in [0.2, 0.25) is 0 Å². The van der Waals surface area contributed by atoms with Crippen LogP contribution >= 0.6 is 0 Å². The van der Waals surface area contributed by atoms with Crippen molar-refractivity contribution < 1.29 is 19.1 Å². The Morgan fingerprint density at radius 2 is 2.04 bits per heavy atom. The molecule has 0 radical (unpaired) electrons. The van der Waals surface area contributed by atoms with Gasteiger partial charge in [-0.05, 0) is 49.8 Å². The van der Waals surface area contributed by atoms with E-state index in [1.54, 1.807) is 25.3 Å². The van der Waals surface area contributed by atoms with Crippen molar-refractivity contribution in [3.8, 4) is 11.5 Å². The quantitative estimate of drug-likeness (QED) is 0.886. The normalized spacial score (nSPS) is 25.1. The first-order valence-electron chi connectivity index (χ1n) is 8.88. The predicted molar refractivity (Wildman–Crippen MR) is 93.9 cm³/mol. The lowest BCUT2D eigenvalue weighted by Gasteiger charge is -2.25. The zero-order valence-corrected chi connectivity index (χ0v) is 15.1. The number of methoxy groups -OCH3 is 1. The first-order chi connectivity index (χ1) is 12.0. The summed E-state index contributed by atoms with van der Waals surface area (Å²) in [4.78, 5) is 26.3. The van der Waals surface area contributed by atoms with Gasteiger partial charge in [-0.3, -0.25) is 9.59 Å². The van der Waals surface area contributed by atoms with Crippen LogP contribution in [0, 0.1) is 11.8 Å². The number of carbonyl (C=O) groups is 2. The zero-order valence-electron chi connectivity index (χ0n) is 15.1. The monoisotopic (exact) mass is 346 g/mol. The summed E-state index contributed by atoms with van der Waals surface area (Å²) in [7, 11) is 3.42. The van der Waals surface area contributed by atoms with E-state index >= 15 is 0 Å². The van der Waals surface area contributed by atoms with E-state index in [1.165, 1.54) is 0 Å². The van der Waals surface area contributed by atoms with Crippen molar-refractivity contribution in [2.75, 3.05) is 27.3 Å². The summed E-state index contributed by atoms with van der Waals surface area (Å²) in [5, 5.41) is 2.93. The predicted octanol–water partition coefficient (Wildman–Crippen LogP) is 2.08. The maximum absolute atomic E-state index is 12.9. The number of piperidine rings is 1. The lowest BCUT2D eigenvalue weighted by Crippen LogP contribution is -2.38. The Morgan fingerprint density at radius 3 is 2.76 bits per heavy atom. The third-order valence-corrected chi connectivity index (χ3v) is 5.40. The van der Waals surface area contributed by atoms with Gasteiger partial charge in [0, 0.05) is 31.6 Å². The maximum Gasteiger partial charge on any atom is 0.253 e. The third-order valence-electron chi connectivity index (χ3n) is 5.40. The number of fused-ring (bicyclic) bond motifs is 1. The highest BCUT2D eigenvalue weighted by molar-refractivity contribution is 5.95. The Kier molecular flexibility index (Phi) is 5.16. The van der Waals surface area contributed by atoms with Gasteiger partial charge in [0.2, 0.25) is 5.91 Å². The first-order valence-corrected chi connectivity index (χ1v) is 8.88. The highest BCUT2D eigenvalue weighted by Gasteiger charge is 2.40. The fourth-order valence-electron chi connectivity index (χ4n) is 4.00. The molecular weight excluding hydrogens is 320 g/mol. The Hall–Kier alpha value is -2.24. The number of carbonyl (C=O) groups excluding carboxylic acids is 2. The molecule has 2 fully saturated rings. The molecule has 25 heavy (non-hydrogen) atoms. The summed E-state index contributed by atoms with van der Waals surface area (Å²) >= 11 is 0. The Labute approximate surface area is 148 Å². The van der Waals surface area contributed by atoms with E-state index in [1.807, 2.05) is 18.9 Å². The summed E-state index contributed by atoms with van der Waals surface area (Å²) in [6, 6.07) is 5.46. The molecule has 0 spiro atoms. The molecule has 0 bridgehead atoms. The molecule has 2 aliphatic rings. The van der Waals surface area contributed by atoms with E-state index in [0.717, 1.165) is 19.4 Å². The molecule has 3 rings (SSSR count). The van der Waals surface area contributed by atoms with Crippen LogP contribution in [0.15, 0.2) is 18.2 Å². The van der Waals surface area contributed by atoms with Crippen molar-refractivity contribution in [2.24, 2.45) is 11.8 Å². The minimum atomic E-state index is -0.0238. The second-order valence-corrected chi connectivity index (χ2v) is 6.87. The molecule has 1 unspecified atom stereocenters. The SMILES string of the molecule is CCOc1ccc(C(=O)N(C)C2C[C@@H]3CNC(=O)C[C@H]3C2)cc1OC. The molecule has 1 N–H and O–H groups in total. The van der Waals surface area contributed by atoms with Crippen LogP contribution in [0.5, 0.6) is 11.5 Å². The van der Waals surface area contributed by atoms with Gasteiger partial charge in [0.05, 0.1) is 13.7 Å². The molecule has 3 atom stereocenters. The van der Waals surface area contributed by atoms with Crippen LogP contribution in [0.4, 0.5) is 0 Å². The molecule has 1 aliphatic carbocycles. The summed E-state index contributed by atoms with van der Waals surface area (Å²) in [5.74, 6) is 2.18. The first kappa shape index (κ1) is 17.6. The second kappa shape index (κ2) is 7.33. The molecule has 1 aromatic rings. The number of hydrogen-bond acceptors (Lipinski definition) is 4. The standard InChI is InChI=1S/C19H26N2O4/c1-4-25-16-6-5-12(9-17(16)24-3)19(23)21(2)15-7-13-10-18(22)20-11-14(13)8-15/h5-6,9,13-15H,4,7-8,10-11H2,1-3H3,(H,20,22)/t13-,14-,15?/m1/s1. The van der Waals surface area contributed by atoms with E-state index in [2.05, 4.69) is 5.32 Å². The molecule has 6 heteroatoms. The molecular formula is C19H26N2O4. The van der Waals surface area contributed by atoms with Gasteiger partial charge in [0.15, 0.2) is 11.5 Å². The fourth-order valence-corrected chi connectivity index (χ4v) is 4.00. The number of hydrogen-bond donors (Lipinski definition) is 1. The molecule has 2 amide bonds. The van der Waals surface area contributed by atoms with E-state index < -0.39 is 0 Å². The smallest absolute Gasteiger partial charge is 0.253 e. The van der Waals surface area contributed by atoms with E-state index in [4.69, 9.17) is 9.47 Å². The summed E-state index contributed by atoms with van der Waals surface area (Å²) in [6.45, 7) is 3.19. The number of nitrogens with one attached hydrogen (secondary N) is 1. The number of ether oxygens (including phenoxy) is 2. The van der Waals surface area contributed by atoms with Crippen molar-refractivity contribution in [1.82, 2.24) is 10.2 Å². The molecule has 1 aliphatic heterocycles. The molecule has 1 heterocycles. The van der Waals surface area contributed by atoms with Crippen LogP contribution < -0.4 is 14.8 Å². The average molecular weight is 346 g/mol. The number of amides is 2. The van der Waals surface area contributed by atoms with Crippen molar-refractivity contribution in [3.05, 3.63) is 23.8 Å². The van der Waals surface area contributed by atoms with Crippen LogP contribution in [0.25, 0.3) is 0 Å². The molecule has 0 aromatic heterocycles. The third kappa shape index (κ3) is 3.57. The molecule has 1 saturated heterocycles. The van der Waals surface area contributed by atoms with Crippen LogP contribution in [0.1, 0.15) is 36.5 Å². The van der Waals surface area contributed by atoms with Crippen LogP contribution in [-0.2, 0) is 4.79 Å². The minimum absolute atomic E-state index is 0.0238. The molecule has 6 nitrogen and oxygen atoms in total. The van der Waals surface area contributed by atoms with Gasteiger partial charge >= 0.3 is 0 Å². The largest absolute Gasteiger partial charge is 0.493 e. The number of rotatable bonds is 5. The highest BCUT2D eigenvalue weighted by atomic mass is 16.5. The minimum Gasteiger partial charge on any atom is -0.493 e. The molecule has 136 valence electrons. The lowest BCUT2D eigenvalue weighted by molar-refractivity contribution is -0.124. The Balaban J connectivity index is 1.71. The number of benzene rings is 1.